The van der Waals surface area contributed by atoms with Crippen LogP contribution in [-0.4, -0.2) is 12.5 Å². The van der Waals surface area contributed by atoms with Gasteiger partial charge in [-0.15, -0.1) is 0 Å². The number of amides is 1. The Bertz CT molecular complexity index is 112. The third-order valence-corrected chi connectivity index (χ3v) is 1.76. The van der Waals surface area contributed by atoms with Crippen LogP contribution < -0.4 is 5.32 Å². The summed E-state index contributed by atoms with van der Waals surface area (Å²) in [7, 11) is 0. The van der Waals surface area contributed by atoms with Gasteiger partial charge in [0.1, 0.15) is 0 Å². The molecule has 1 heterocycles. The van der Waals surface area contributed by atoms with E-state index in [2.05, 4.69) is 12.2 Å². The Kier molecular flexibility index (Phi) is 5.90. The molecular formula is C9H19NO. The lowest BCUT2D eigenvalue weighted by Crippen LogP contribution is -2.13. The fraction of sp³-hybridized carbons (Fsp3) is 0.889. The summed E-state index contributed by atoms with van der Waals surface area (Å²) >= 11 is 0. The molecule has 0 saturated carbocycles. The molecule has 0 aromatic rings. The summed E-state index contributed by atoms with van der Waals surface area (Å²) in [6.07, 6.45) is 3.15. The molecule has 1 atom stereocenters. The lowest BCUT2D eigenvalue weighted by Gasteiger charge is -2.01. The smallest absolute Gasteiger partial charge is 0.220 e. The Morgan fingerprint density at radius 1 is 1.55 bits per heavy atom. The van der Waals surface area contributed by atoms with E-state index in [4.69, 9.17) is 0 Å². The number of carbonyl (C=O) groups is 1. The highest BCUT2D eigenvalue weighted by Crippen LogP contribution is 2.14. The summed E-state index contributed by atoms with van der Waals surface area (Å²) in [5.74, 6) is 0.857. The molecule has 0 radical (unpaired) electrons. The van der Waals surface area contributed by atoms with Crippen molar-refractivity contribution < 1.29 is 4.79 Å². The molecule has 2 nitrogen and oxygen atoms in total. The minimum absolute atomic E-state index is 0.230. The number of hydrogen-bond acceptors (Lipinski definition) is 1. The fourth-order valence-corrected chi connectivity index (χ4v) is 1.28. The predicted octanol–water partition coefficient (Wildman–Crippen LogP) is 1.95. The molecule has 0 bridgehead atoms. The lowest BCUT2D eigenvalue weighted by molar-refractivity contribution is -0.119. The Labute approximate surface area is 69.4 Å². The van der Waals surface area contributed by atoms with Gasteiger partial charge in [0, 0.05) is 13.0 Å². The molecular weight excluding hydrogens is 138 g/mol. The van der Waals surface area contributed by atoms with E-state index in [-0.39, 0.29) is 5.91 Å². The summed E-state index contributed by atoms with van der Waals surface area (Å²) < 4.78 is 0. The van der Waals surface area contributed by atoms with Crippen molar-refractivity contribution >= 4 is 5.91 Å². The minimum Gasteiger partial charge on any atom is -0.356 e. The molecule has 1 fully saturated rings. The second kappa shape index (κ2) is 6.20. The molecule has 66 valence electrons. The lowest BCUT2D eigenvalue weighted by atomic mass is 10.0. The van der Waals surface area contributed by atoms with Crippen molar-refractivity contribution in [2.75, 3.05) is 6.54 Å². The average Bonchev–Trinajstić information content (AvgIpc) is 2.41. The van der Waals surface area contributed by atoms with Gasteiger partial charge < -0.3 is 5.32 Å². The van der Waals surface area contributed by atoms with E-state index < -0.39 is 0 Å². The van der Waals surface area contributed by atoms with Gasteiger partial charge in [-0.1, -0.05) is 27.2 Å². The number of carbonyl (C=O) groups excluding carboxylic acids is 1. The van der Waals surface area contributed by atoms with Crippen LogP contribution in [0.4, 0.5) is 0 Å². The third-order valence-electron chi connectivity index (χ3n) is 1.76. The van der Waals surface area contributed by atoms with Gasteiger partial charge in [0.2, 0.25) is 5.91 Å². The van der Waals surface area contributed by atoms with Crippen LogP contribution in [0.15, 0.2) is 0 Å². The van der Waals surface area contributed by atoms with E-state index in [0.717, 1.165) is 13.0 Å². The van der Waals surface area contributed by atoms with E-state index in [1.165, 1.54) is 12.8 Å². The molecule has 1 saturated heterocycles. The zero-order valence-electron chi connectivity index (χ0n) is 7.81. The van der Waals surface area contributed by atoms with E-state index in [0.29, 0.717) is 5.92 Å². The highest BCUT2D eigenvalue weighted by atomic mass is 16.1. The monoisotopic (exact) mass is 157 g/mol. The molecule has 0 aromatic carbocycles. The zero-order valence-corrected chi connectivity index (χ0v) is 7.81. The second-order valence-corrected chi connectivity index (χ2v) is 2.66. The molecule has 1 N–H and O–H groups in total. The van der Waals surface area contributed by atoms with E-state index in [1.54, 1.807) is 0 Å². The van der Waals surface area contributed by atoms with Gasteiger partial charge in [0.05, 0.1) is 0 Å². The summed E-state index contributed by atoms with van der Waals surface area (Å²) in [6, 6.07) is 0. The second-order valence-electron chi connectivity index (χ2n) is 2.66. The molecule has 0 aromatic heterocycles. The number of nitrogens with one attached hydrogen (secondary N) is 1. The van der Waals surface area contributed by atoms with Crippen molar-refractivity contribution in [2.24, 2.45) is 5.92 Å². The molecule has 0 aliphatic carbocycles. The molecule has 11 heavy (non-hydrogen) atoms. The Hall–Kier alpha value is -0.530. The SMILES string of the molecule is CC.CCCC1CNC(=O)C1. The van der Waals surface area contributed by atoms with E-state index in [9.17, 15) is 4.79 Å². The normalized spacial score (nSPS) is 22.1. The first-order chi connectivity index (χ1) is 5.33. The summed E-state index contributed by atoms with van der Waals surface area (Å²) in [5.41, 5.74) is 0. The first-order valence-corrected chi connectivity index (χ1v) is 4.59. The molecule has 2 heteroatoms. The molecule has 1 amide bonds. The maximum atomic E-state index is 10.6. The number of rotatable bonds is 2. The predicted molar refractivity (Wildman–Crippen MR) is 47.4 cm³/mol. The van der Waals surface area contributed by atoms with Crippen LogP contribution in [0.2, 0.25) is 0 Å². The Morgan fingerprint density at radius 3 is 2.55 bits per heavy atom. The maximum Gasteiger partial charge on any atom is 0.220 e. The van der Waals surface area contributed by atoms with E-state index >= 15 is 0 Å². The largest absolute Gasteiger partial charge is 0.356 e. The fourth-order valence-electron chi connectivity index (χ4n) is 1.28. The van der Waals surface area contributed by atoms with Gasteiger partial charge in [0.25, 0.3) is 0 Å². The summed E-state index contributed by atoms with van der Waals surface area (Å²) in [4.78, 5) is 10.6. The van der Waals surface area contributed by atoms with Crippen molar-refractivity contribution in [1.82, 2.24) is 5.32 Å². The first kappa shape index (κ1) is 10.5. The third kappa shape index (κ3) is 4.02. The molecule has 1 rings (SSSR count). The Balaban J connectivity index is 0.000000461. The van der Waals surface area contributed by atoms with Gasteiger partial charge in [-0.3, -0.25) is 4.79 Å². The standard InChI is InChI=1S/C7H13NO.C2H6/c1-2-3-6-4-7(9)8-5-6;1-2/h6H,2-5H2,1H3,(H,8,9);1-2H3. The van der Waals surface area contributed by atoms with Gasteiger partial charge >= 0.3 is 0 Å². The summed E-state index contributed by atoms with van der Waals surface area (Å²) in [6.45, 7) is 7.06. The van der Waals surface area contributed by atoms with Crippen LogP contribution >= 0.6 is 0 Å². The molecule has 1 aliphatic heterocycles. The van der Waals surface area contributed by atoms with Crippen molar-refractivity contribution in [3.63, 3.8) is 0 Å². The molecule has 1 aliphatic rings. The Morgan fingerprint density at radius 2 is 2.18 bits per heavy atom. The van der Waals surface area contributed by atoms with Crippen LogP contribution in [0.1, 0.15) is 40.0 Å². The van der Waals surface area contributed by atoms with Crippen molar-refractivity contribution in [3.8, 4) is 0 Å². The molecule has 1 unspecified atom stereocenters. The minimum atomic E-state index is 0.230. The van der Waals surface area contributed by atoms with Crippen LogP contribution in [0.3, 0.4) is 0 Å². The topological polar surface area (TPSA) is 29.1 Å². The van der Waals surface area contributed by atoms with Crippen LogP contribution in [0, 0.1) is 5.92 Å². The van der Waals surface area contributed by atoms with Gasteiger partial charge in [0.15, 0.2) is 0 Å². The highest BCUT2D eigenvalue weighted by Gasteiger charge is 2.19. The van der Waals surface area contributed by atoms with Crippen molar-refractivity contribution in [2.45, 2.75) is 40.0 Å². The zero-order chi connectivity index (χ0) is 8.69. The van der Waals surface area contributed by atoms with Crippen LogP contribution in [0.5, 0.6) is 0 Å². The quantitative estimate of drug-likeness (QED) is 0.652. The van der Waals surface area contributed by atoms with Gasteiger partial charge in [-0.25, -0.2) is 0 Å². The van der Waals surface area contributed by atoms with E-state index in [1.807, 2.05) is 13.8 Å². The van der Waals surface area contributed by atoms with Gasteiger partial charge in [-0.05, 0) is 12.3 Å². The molecule has 0 spiro atoms. The van der Waals surface area contributed by atoms with Crippen molar-refractivity contribution in [1.29, 1.82) is 0 Å². The van der Waals surface area contributed by atoms with Crippen molar-refractivity contribution in [3.05, 3.63) is 0 Å². The van der Waals surface area contributed by atoms with Crippen LogP contribution in [0.25, 0.3) is 0 Å². The average molecular weight is 157 g/mol. The van der Waals surface area contributed by atoms with Crippen LogP contribution in [-0.2, 0) is 4.79 Å². The van der Waals surface area contributed by atoms with Gasteiger partial charge in [-0.2, -0.15) is 0 Å². The maximum absolute atomic E-state index is 10.6. The summed E-state index contributed by atoms with van der Waals surface area (Å²) in [5, 5.41) is 2.82. The highest BCUT2D eigenvalue weighted by molar-refractivity contribution is 5.78. The number of hydrogen-bond donors (Lipinski definition) is 1. The first-order valence-electron chi connectivity index (χ1n) is 4.59.